The van der Waals surface area contributed by atoms with Crippen molar-refractivity contribution < 1.29 is 0 Å². The van der Waals surface area contributed by atoms with Gasteiger partial charge >= 0.3 is 0 Å². The summed E-state index contributed by atoms with van der Waals surface area (Å²) in [5.74, 6) is 1.20. The summed E-state index contributed by atoms with van der Waals surface area (Å²) in [5.41, 5.74) is 1.39. The number of rotatable bonds is 7. The number of aryl methyl sites for hydroxylation is 1. The fourth-order valence-electron chi connectivity index (χ4n) is 1.69. The van der Waals surface area contributed by atoms with Gasteiger partial charge in [-0.15, -0.1) is 0 Å². The summed E-state index contributed by atoms with van der Waals surface area (Å²) in [4.78, 5) is 0. The van der Waals surface area contributed by atoms with E-state index in [4.69, 9.17) is 0 Å². The second-order valence-corrected chi connectivity index (χ2v) is 4.64. The maximum absolute atomic E-state index is 3.61. The third kappa shape index (κ3) is 3.92. The second kappa shape index (κ2) is 6.96. The molecule has 1 aromatic rings. The van der Waals surface area contributed by atoms with Crippen molar-refractivity contribution in [2.24, 2.45) is 0 Å². The van der Waals surface area contributed by atoms with Crippen LogP contribution in [-0.4, -0.2) is 22.6 Å². The van der Waals surface area contributed by atoms with Gasteiger partial charge in [-0.3, -0.25) is 0 Å². The van der Waals surface area contributed by atoms with Crippen LogP contribution >= 0.6 is 11.8 Å². The fourth-order valence-corrected chi connectivity index (χ4v) is 2.45. The van der Waals surface area contributed by atoms with Gasteiger partial charge in [0.15, 0.2) is 0 Å². The van der Waals surface area contributed by atoms with Crippen molar-refractivity contribution >= 4 is 11.8 Å². The Morgan fingerprint density at radius 2 is 2.27 bits per heavy atom. The number of nitrogens with one attached hydrogen (secondary N) is 1. The van der Waals surface area contributed by atoms with Gasteiger partial charge < -0.3 is 9.88 Å². The van der Waals surface area contributed by atoms with Crippen LogP contribution in [0.15, 0.2) is 18.3 Å². The van der Waals surface area contributed by atoms with Gasteiger partial charge in [0.05, 0.1) is 0 Å². The first kappa shape index (κ1) is 12.7. The van der Waals surface area contributed by atoms with Gasteiger partial charge in [0.2, 0.25) is 0 Å². The van der Waals surface area contributed by atoms with E-state index in [1.54, 1.807) is 0 Å². The van der Waals surface area contributed by atoms with E-state index in [0.717, 1.165) is 13.1 Å². The summed E-state index contributed by atoms with van der Waals surface area (Å²) in [5, 5.41) is 3.61. The molecule has 15 heavy (non-hydrogen) atoms. The fraction of sp³-hybridized carbons (Fsp3) is 0.667. The molecule has 0 aliphatic carbocycles. The van der Waals surface area contributed by atoms with Crippen molar-refractivity contribution in [2.75, 3.05) is 12.0 Å². The molecule has 3 heteroatoms. The first-order chi connectivity index (χ1) is 7.31. The molecule has 0 fully saturated rings. The summed E-state index contributed by atoms with van der Waals surface area (Å²) >= 11 is 1.91. The van der Waals surface area contributed by atoms with Crippen LogP contribution in [0.2, 0.25) is 0 Å². The molecule has 0 radical (unpaired) electrons. The number of hydrogen-bond acceptors (Lipinski definition) is 2. The Morgan fingerprint density at radius 1 is 1.47 bits per heavy atom. The highest BCUT2D eigenvalue weighted by atomic mass is 32.2. The number of nitrogens with zero attached hydrogens (tertiary/aromatic N) is 1. The first-order valence-electron chi connectivity index (χ1n) is 5.68. The molecule has 0 aromatic carbocycles. The summed E-state index contributed by atoms with van der Waals surface area (Å²) < 4.78 is 2.29. The third-order valence-electron chi connectivity index (χ3n) is 2.70. The summed E-state index contributed by atoms with van der Waals surface area (Å²) in [6, 6.07) is 4.96. The highest BCUT2D eigenvalue weighted by Gasteiger charge is 2.05. The molecule has 1 unspecified atom stereocenters. The van der Waals surface area contributed by atoms with Crippen molar-refractivity contribution in [1.29, 1.82) is 0 Å². The largest absolute Gasteiger partial charge is 0.351 e. The van der Waals surface area contributed by atoms with Crippen LogP contribution in [0.25, 0.3) is 0 Å². The Bertz CT molecular complexity index is 270. The smallest absolute Gasteiger partial charge is 0.0361 e. The predicted octanol–water partition coefficient (Wildman–Crippen LogP) is 2.74. The van der Waals surface area contributed by atoms with Gasteiger partial charge in [-0.1, -0.05) is 6.92 Å². The maximum Gasteiger partial charge on any atom is 0.0361 e. The average molecular weight is 226 g/mol. The molecule has 1 aromatic heterocycles. The Hall–Kier alpha value is -0.410. The first-order valence-corrected chi connectivity index (χ1v) is 7.07. The van der Waals surface area contributed by atoms with Gasteiger partial charge in [0, 0.05) is 36.8 Å². The molecule has 1 heterocycles. The Kier molecular flexibility index (Phi) is 5.88. The van der Waals surface area contributed by atoms with E-state index in [1.165, 1.54) is 17.9 Å². The number of hydrogen-bond donors (Lipinski definition) is 1. The van der Waals surface area contributed by atoms with E-state index >= 15 is 0 Å². The minimum atomic E-state index is 0.639. The van der Waals surface area contributed by atoms with Gasteiger partial charge in [0.25, 0.3) is 0 Å². The molecule has 1 N–H and O–H groups in total. The molecule has 0 aliphatic rings. The van der Waals surface area contributed by atoms with Crippen LogP contribution in [0.5, 0.6) is 0 Å². The van der Waals surface area contributed by atoms with E-state index in [-0.39, 0.29) is 0 Å². The van der Waals surface area contributed by atoms with E-state index in [1.807, 2.05) is 11.8 Å². The zero-order valence-corrected chi connectivity index (χ0v) is 10.8. The normalized spacial score (nSPS) is 13.0. The molecular weight excluding hydrogens is 204 g/mol. The minimum Gasteiger partial charge on any atom is -0.351 e. The van der Waals surface area contributed by atoms with Crippen LogP contribution in [-0.2, 0) is 13.1 Å². The van der Waals surface area contributed by atoms with Crippen molar-refractivity contribution in [1.82, 2.24) is 9.88 Å². The highest BCUT2D eigenvalue weighted by Crippen LogP contribution is 2.05. The zero-order chi connectivity index (χ0) is 11.1. The quantitative estimate of drug-likeness (QED) is 0.770. The molecule has 1 rings (SSSR count). The molecule has 0 saturated heterocycles. The molecule has 1 atom stereocenters. The molecule has 0 spiro atoms. The van der Waals surface area contributed by atoms with Crippen molar-refractivity contribution in [2.45, 2.75) is 39.4 Å². The molecule has 2 nitrogen and oxygen atoms in total. The van der Waals surface area contributed by atoms with E-state index in [9.17, 15) is 0 Å². The van der Waals surface area contributed by atoms with E-state index < -0.39 is 0 Å². The lowest BCUT2D eigenvalue weighted by molar-refractivity contribution is 0.523. The van der Waals surface area contributed by atoms with Crippen LogP contribution in [0.3, 0.4) is 0 Å². The summed E-state index contributed by atoms with van der Waals surface area (Å²) in [6.07, 6.45) is 5.51. The second-order valence-electron chi connectivity index (χ2n) is 3.73. The van der Waals surface area contributed by atoms with E-state index in [2.05, 4.69) is 48.3 Å². The Balaban J connectivity index is 2.41. The zero-order valence-electron chi connectivity index (χ0n) is 9.99. The monoisotopic (exact) mass is 226 g/mol. The van der Waals surface area contributed by atoms with Gasteiger partial charge in [-0.25, -0.2) is 0 Å². The molecular formula is C12H22N2S. The average Bonchev–Trinajstić information content (AvgIpc) is 2.71. The summed E-state index contributed by atoms with van der Waals surface area (Å²) in [7, 11) is 0. The lowest BCUT2D eigenvalue weighted by Crippen LogP contribution is -2.30. The number of thioether (sulfide) groups is 1. The summed E-state index contributed by atoms with van der Waals surface area (Å²) in [6.45, 7) is 6.47. The predicted molar refractivity (Wildman–Crippen MR) is 69.4 cm³/mol. The van der Waals surface area contributed by atoms with Crippen molar-refractivity contribution in [3.8, 4) is 0 Å². The Morgan fingerprint density at radius 3 is 2.87 bits per heavy atom. The molecule has 0 bridgehead atoms. The topological polar surface area (TPSA) is 17.0 Å². The SMILES string of the molecule is CCC(CSC)NCc1cccn1CC. The lowest BCUT2D eigenvalue weighted by atomic mass is 10.2. The van der Waals surface area contributed by atoms with Crippen LogP contribution in [0, 0.1) is 0 Å². The minimum absolute atomic E-state index is 0.639. The van der Waals surface area contributed by atoms with E-state index in [0.29, 0.717) is 6.04 Å². The van der Waals surface area contributed by atoms with Crippen molar-refractivity contribution in [3.63, 3.8) is 0 Å². The molecule has 0 amide bonds. The molecule has 0 saturated carbocycles. The van der Waals surface area contributed by atoms with Gasteiger partial charge in [-0.2, -0.15) is 11.8 Å². The molecule has 86 valence electrons. The number of aromatic nitrogens is 1. The van der Waals surface area contributed by atoms with Gasteiger partial charge in [0.1, 0.15) is 0 Å². The highest BCUT2D eigenvalue weighted by molar-refractivity contribution is 7.98. The maximum atomic E-state index is 3.61. The third-order valence-corrected chi connectivity index (χ3v) is 3.43. The Labute approximate surface area is 97.4 Å². The van der Waals surface area contributed by atoms with Crippen LogP contribution in [0.4, 0.5) is 0 Å². The van der Waals surface area contributed by atoms with Crippen LogP contribution < -0.4 is 5.32 Å². The lowest BCUT2D eigenvalue weighted by Gasteiger charge is -2.16. The van der Waals surface area contributed by atoms with Crippen molar-refractivity contribution in [3.05, 3.63) is 24.0 Å². The van der Waals surface area contributed by atoms with Crippen LogP contribution in [0.1, 0.15) is 26.0 Å². The molecule has 0 aliphatic heterocycles. The van der Waals surface area contributed by atoms with Gasteiger partial charge in [-0.05, 0) is 31.7 Å². The standard InChI is InChI=1S/C12H22N2S/c1-4-11(10-15-3)13-9-12-7-6-8-14(12)5-2/h6-8,11,13H,4-5,9-10H2,1-3H3.